The number of para-hydroxylation sites is 1. The zero-order valence-corrected chi connectivity index (χ0v) is 22.4. The van der Waals surface area contributed by atoms with Crippen LogP contribution in [0.5, 0.6) is 5.75 Å². The lowest BCUT2D eigenvalue weighted by molar-refractivity contribution is 0.0374. The number of guanidine groups is 1. The van der Waals surface area contributed by atoms with Crippen LogP contribution in [0.2, 0.25) is 0 Å². The maximum Gasteiger partial charge on any atom is 0.191 e. The van der Waals surface area contributed by atoms with Crippen LogP contribution >= 0.6 is 24.0 Å². The Morgan fingerprint density at radius 1 is 1.06 bits per heavy atom. The molecule has 3 N–H and O–H groups in total. The number of benzene rings is 2. The molecular formula is C26H39IN4O2. The zero-order valence-electron chi connectivity index (χ0n) is 20.1. The number of hydrogen-bond donors (Lipinski definition) is 3. The summed E-state index contributed by atoms with van der Waals surface area (Å²) in [7, 11) is 1.72. The van der Waals surface area contributed by atoms with E-state index in [2.05, 4.69) is 66.2 Å². The summed E-state index contributed by atoms with van der Waals surface area (Å²) in [6.07, 6.45) is 2.78. The van der Waals surface area contributed by atoms with Crippen molar-refractivity contribution in [1.29, 1.82) is 0 Å². The van der Waals surface area contributed by atoms with E-state index in [1.54, 1.807) is 7.11 Å². The van der Waals surface area contributed by atoms with Crippen LogP contribution < -0.4 is 20.7 Å². The summed E-state index contributed by atoms with van der Waals surface area (Å²) in [4.78, 5) is 4.97. The SMILES string of the molecule is CCNC(=NCC1(NC(C)c2ccccc2)CCOCC1)NCCc1ccccc1OC.I. The van der Waals surface area contributed by atoms with Crippen LogP contribution in [0.25, 0.3) is 0 Å². The molecule has 3 rings (SSSR count). The van der Waals surface area contributed by atoms with Gasteiger partial charge in [0.2, 0.25) is 0 Å². The van der Waals surface area contributed by atoms with E-state index in [0.29, 0.717) is 6.54 Å². The summed E-state index contributed by atoms with van der Waals surface area (Å²) in [6.45, 7) is 8.17. The Morgan fingerprint density at radius 2 is 1.76 bits per heavy atom. The first-order chi connectivity index (χ1) is 15.7. The number of halogens is 1. The Morgan fingerprint density at radius 3 is 2.45 bits per heavy atom. The topological polar surface area (TPSA) is 66.9 Å². The summed E-state index contributed by atoms with van der Waals surface area (Å²) in [5.41, 5.74) is 2.42. The van der Waals surface area contributed by atoms with Gasteiger partial charge in [0.25, 0.3) is 0 Å². The smallest absolute Gasteiger partial charge is 0.191 e. The highest BCUT2D eigenvalue weighted by molar-refractivity contribution is 14.0. The van der Waals surface area contributed by atoms with Crippen molar-refractivity contribution in [3.63, 3.8) is 0 Å². The van der Waals surface area contributed by atoms with Gasteiger partial charge in [-0.2, -0.15) is 0 Å². The van der Waals surface area contributed by atoms with E-state index in [0.717, 1.165) is 57.3 Å². The van der Waals surface area contributed by atoms with Crippen molar-refractivity contribution in [1.82, 2.24) is 16.0 Å². The molecule has 1 heterocycles. The second kappa shape index (κ2) is 14.4. The predicted octanol–water partition coefficient (Wildman–Crippen LogP) is 4.31. The number of aliphatic imine (C=N–C) groups is 1. The molecule has 0 spiro atoms. The van der Waals surface area contributed by atoms with Gasteiger partial charge in [0.05, 0.1) is 13.7 Å². The highest BCUT2D eigenvalue weighted by atomic mass is 127. The lowest BCUT2D eigenvalue weighted by atomic mass is 9.88. The van der Waals surface area contributed by atoms with Gasteiger partial charge < -0.3 is 25.4 Å². The van der Waals surface area contributed by atoms with E-state index >= 15 is 0 Å². The standard InChI is InChI=1S/C26H38N4O2.HI/c1-4-27-25(28-17-14-23-12-8-9-13-24(23)31-3)29-20-26(15-18-32-19-16-26)30-21(2)22-10-6-5-7-11-22;/h5-13,21,30H,4,14-20H2,1-3H3,(H2,27,28,29);1H. The fourth-order valence-corrected chi connectivity index (χ4v) is 4.19. The fourth-order valence-electron chi connectivity index (χ4n) is 4.19. The summed E-state index contributed by atoms with van der Waals surface area (Å²) in [5, 5.41) is 10.8. The Balaban J connectivity index is 0.00000385. The molecule has 0 bridgehead atoms. The minimum absolute atomic E-state index is 0. The summed E-state index contributed by atoms with van der Waals surface area (Å²) in [6, 6.07) is 19.0. The molecule has 0 aromatic heterocycles. The second-order valence-corrected chi connectivity index (χ2v) is 8.35. The van der Waals surface area contributed by atoms with E-state index in [1.165, 1.54) is 11.1 Å². The predicted molar refractivity (Wildman–Crippen MR) is 147 cm³/mol. The number of methoxy groups -OCH3 is 1. The minimum Gasteiger partial charge on any atom is -0.496 e. The van der Waals surface area contributed by atoms with Gasteiger partial charge in [-0.05, 0) is 50.3 Å². The van der Waals surface area contributed by atoms with Crippen molar-refractivity contribution in [3.8, 4) is 5.75 Å². The van der Waals surface area contributed by atoms with Gasteiger partial charge in [0.1, 0.15) is 5.75 Å². The Hall–Kier alpha value is -1.84. The van der Waals surface area contributed by atoms with Gasteiger partial charge in [0, 0.05) is 37.9 Å². The van der Waals surface area contributed by atoms with Crippen LogP contribution in [-0.4, -0.2) is 51.5 Å². The van der Waals surface area contributed by atoms with Gasteiger partial charge >= 0.3 is 0 Å². The van der Waals surface area contributed by atoms with Crippen molar-refractivity contribution in [3.05, 3.63) is 65.7 Å². The average molecular weight is 567 g/mol. The second-order valence-electron chi connectivity index (χ2n) is 8.35. The molecule has 1 unspecified atom stereocenters. The molecular weight excluding hydrogens is 527 g/mol. The molecule has 1 fully saturated rings. The summed E-state index contributed by atoms with van der Waals surface area (Å²) >= 11 is 0. The molecule has 2 aromatic carbocycles. The molecule has 182 valence electrons. The zero-order chi connectivity index (χ0) is 22.7. The van der Waals surface area contributed by atoms with Crippen molar-refractivity contribution in [2.24, 2.45) is 4.99 Å². The van der Waals surface area contributed by atoms with Gasteiger partial charge in [-0.25, -0.2) is 0 Å². The van der Waals surface area contributed by atoms with Crippen molar-refractivity contribution in [2.45, 2.75) is 44.7 Å². The summed E-state index contributed by atoms with van der Waals surface area (Å²) in [5.74, 6) is 1.78. The highest BCUT2D eigenvalue weighted by Gasteiger charge is 2.34. The molecule has 7 heteroatoms. The van der Waals surface area contributed by atoms with Gasteiger partial charge in [-0.3, -0.25) is 4.99 Å². The lowest BCUT2D eigenvalue weighted by Crippen LogP contribution is -2.53. The quantitative estimate of drug-likeness (QED) is 0.227. The summed E-state index contributed by atoms with van der Waals surface area (Å²) < 4.78 is 11.1. The molecule has 1 saturated heterocycles. The molecule has 0 radical (unpaired) electrons. The molecule has 2 aromatic rings. The van der Waals surface area contributed by atoms with E-state index in [1.807, 2.05) is 18.2 Å². The Bertz CT molecular complexity index is 841. The van der Waals surface area contributed by atoms with E-state index in [-0.39, 0.29) is 35.6 Å². The molecule has 0 aliphatic carbocycles. The first-order valence-electron chi connectivity index (χ1n) is 11.7. The van der Waals surface area contributed by atoms with Crippen LogP contribution in [0.1, 0.15) is 43.9 Å². The Kier molecular flexibility index (Phi) is 12.0. The van der Waals surface area contributed by atoms with Crippen LogP contribution in [0.4, 0.5) is 0 Å². The molecule has 1 aliphatic rings. The van der Waals surface area contributed by atoms with Crippen LogP contribution in [0.3, 0.4) is 0 Å². The third-order valence-electron chi connectivity index (χ3n) is 6.04. The maximum atomic E-state index is 5.67. The Labute approximate surface area is 216 Å². The van der Waals surface area contributed by atoms with Crippen molar-refractivity contribution < 1.29 is 9.47 Å². The largest absolute Gasteiger partial charge is 0.496 e. The van der Waals surface area contributed by atoms with Crippen LogP contribution in [0.15, 0.2) is 59.6 Å². The normalized spacial score (nSPS) is 16.4. The molecule has 33 heavy (non-hydrogen) atoms. The van der Waals surface area contributed by atoms with E-state index in [9.17, 15) is 0 Å². The maximum absolute atomic E-state index is 5.67. The molecule has 1 atom stereocenters. The van der Waals surface area contributed by atoms with Crippen LogP contribution in [-0.2, 0) is 11.2 Å². The third-order valence-corrected chi connectivity index (χ3v) is 6.04. The molecule has 0 saturated carbocycles. The minimum atomic E-state index is -0.0709. The first-order valence-corrected chi connectivity index (χ1v) is 11.7. The monoisotopic (exact) mass is 566 g/mol. The van der Waals surface area contributed by atoms with Gasteiger partial charge in [-0.1, -0.05) is 48.5 Å². The number of rotatable bonds is 10. The van der Waals surface area contributed by atoms with Crippen molar-refractivity contribution in [2.75, 3.05) is 40.0 Å². The van der Waals surface area contributed by atoms with Gasteiger partial charge in [0.15, 0.2) is 5.96 Å². The number of nitrogens with zero attached hydrogens (tertiary/aromatic N) is 1. The van der Waals surface area contributed by atoms with E-state index in [4.69, 9.17) is 14.5 Å². The average Bonchev–Trinajstić information content (AvgIpc) is 2.84. The molecule has 0 amide bonds. The number of hydrogen-bond acceptors (Lipinski definition) is 4. The lowest BCUT2D eigenvalue weighted by Gasteiger charge is -2.39. The number of ether oxygens (including phenoxy) is 2. The highest BCUT2D eigenvalue weighted by Crippen LogP contribution is 2.26. The first kappa shape index (κ1) is 27.4. The number of nitrogens with one attached hydrogen (secondary N) is 3. The van der Waals surface area contributed by atoms with Gasteiger partial charge in [-0.15, -0.1) is 24.0 Å². The third kappa shape index (κ3) is 8.46. The van der Waals surface area contributed by atoms with Crippen molar-refractivity contribution >= 4 is 29.9 Å². The van der Waals surface area contributed by atoms with E-state index < -0.39 is 0 Å². The molecule has 6 nitrogen and oxygen atoms in total. The molecule has 1 aliphatic heterocycles. The van der Waals surface area contributed by atoms with Crippen LogP contribution in [0, 0.1) is 0 Å². The fraction of sp³-hybridized carbons (Fsp3) is 0.500.